The minimum absolute atomic E-state index is 0.0317. The molecular formula is C120H147N3O9. The third kappa shape index (κ3) is 34.1. The van der Waals surface area contributed by atoms with Crippen LogP contribution >= 0.6 is 0 Å². The van der Waals surface area contributed by atoms with E-state index in [2.05, 4.69) is 249 Å². The molecule has 696 valence electrons. The van der Waals surface area contributed by atoms with Gasteiger partial charge >= 0.3 is 0 Å². The van der Waals surface area contributed by atoms with Gasteiger partial charge in [-0.1, -0.05) is 337 Å². The lowest BCUT2D eigenvalue weighted by Crippen LogP contribution is -2.10. The highest BCUT2D eigenvalue weighted by molar-refractivity contribution is 5.77. The van der Waals surface area contributed by atoms with Crippen molar-refractivity contribution >= 4 is 17.1 Å². The fraction of sp³-hybridized carbons (Fsp3) is 0.450. The normalized spacial score (nSPS) is 10.9. The van der Waals surface area contributed by atoms with E-state index in [1.165, 1.54) is 16.7 Å². The SMILES string of the molecule is CCCCCCOc1cc(C#Cc2cc(OCCCCCC)c(C#Cc3cc(OCCCCCC)c(C#Cc4cc(OCCCCCC)c(C#Cc5ccc(N(c6ccc(C)cc6)c6ccc(C)cc6)cc5)cc4OCCCCCC)cc3OCCCCCC)cc2OCCCCCC)c(OCCCCCC)cc1C#Cc1ccc(-c2nnc(-c3ccc(C(C)(C)C)cc3)o2)cc1. The Balaban J connectivity index is 1.07. The molecular weight excluding hydrogens is 1630 g/mol. The minimum atomic E-state index is 0.0317. The summed E-state index contributed by atoms with van der Waals surface area (Å²) < 4.78 is 61.2. The first kappa shape index (κ1) is 102. The minimum Gasteiger partial charge on any atom is -0.492 e. The van der Waals surface area contributed by atoms with Crippen molar-refractivity contribution in [1.82, 2.24) is 10.2 Å². The molecule has 1 aromatic heterocycles. The standard InChI is InChI=1S/C120H147N3O9/c1-14-22-30-38-76-124-110-86-100(112(126-78-40-32-24-16-3)84-98(110)58-52-94-50-56-96(57-51-94)118-121-122-119(132-118)97-66-68-106(69-67-97)120(11,12)13)60-62-102-88-116(130-82-44-36-28-20-7)104(90-114(102)128-80-42-34-26-18-5)64-65-105-91-115(129-81-43-35-27-19-6)103(89-117(105)131-83-45-37-29-21-8)63-61-101-87-111(125-77-39-31-23-15-2)99(85-113(101)127-79-41-33-25-17-4)59-53-95-54-74-109(75-55-95)123(107-70-46-92(9)47-71-107)108-72-48-93(10)49-73-108/h46-51,54-57,66-75,84-91H,14-45,76-83H2,1-13H3. The Bertz CT molecular complexity index is 5420. The van der Waals surface area contributed by atoms with E-state index in [4.69, 9.17) is 42.3 Å². The first-order chi connectivity index (χ1) is 64.6. The number of nitrogens with zero attached hydrogens (tertiary/aromatic N) is 3. The van der Waals surface area contributed by atoms with Gasteiger partial charge in [0.05, 0.1) is 97.4 Å². The molecule has 10 rings (SSSR count). The molecule has 1 heterocycles. The van der Waals surface area contributed by atoms with E-state index in [0.29, 0.717) is 150 Å². The Morgan fingerprint density at radius 1 is 0.242 bits per heavy atom. The van der Waals surface area contributed by atoms with Crippen LogP contribution in [0.1, 0.15) is 354 Å². The third-order valence-corrected chi connectivity index (χ3v) is 23.3. The zero-order chi connectivity index (χ0) is 93.2. The van der Waals surface area contributed by atoms with Crippen LogP contribution in [0.5, 0.6) is 46.0 Å². The number of ether oxygens (including phenoxy) is 8. The van der Waals surface area contributed by atoms with Crippen molar-refractivity contribution in [3.8, 4) is 128 Å². The van der Waals surface area contributed by atoms with Crippen molar-refractivity contribution in [3.63, 3.8) is 0 Å². The number of benzene rings is 9. The van der Waals surface area contributed by atoms with Crippen LogP contribution < -0.4 is 42.8 Å². The highest BCUT2D eigenvalue weighted by Crippen LogP contribution is 2.39. The van der Waals surface area contributed by atoms with Gasteiger partial charge in [-0.15, -0.1) is 10.2 Å². The van der Waals surface area contributed by atoms with Gasteiger partial charge < -0.3 is 47.2 Å². The first-order valence-corrected chi connectivity index (χ1v) is 50.1. The van der Waals surface area contributed by atoms with Gasteiger partial charge in [-0.2, -0.15) is 0 Å². The molecule has 132 heavy (non-hydrogen) atoms. The molecule has 0 bridgehead atoms. The number of unbranched alkanes of at least 4 members (excludes halogenated alkanes) is 24. The molecule has 10 aromatic rings. The molecule has 12 nitrogen and oxygen atoms in total. The molecule has 0 spiro atoms. The average Bonchev–Trinajstić information content (AvgIpc) is 1.78. The van der Waals surface area contributed by atoms with Crippen molar-refractivity contribution in [3.05, 3.63) is 242 Å². The molecule has 0 N–H and O–H groups in total. The lowest BCUT2D eigenvalue weighted by atomic mass is 9.87. The number of anilines is 3. The second-order valence-electron chi connectivity index (χ2n) is 35.8. The van der Waals surface area contributed by atoms with E-state index in [1.54, 1.807) is 0 Å². The van der Waals surface area contributed by atoms with Gasteiger partial charge in [-0.25, -0.2) is 0 Å². The van der Waals surface area contributed by atoms with Crippen LogP contribution in [0.4, 0.5) is 17.1 Å². The molecule has 0 amide bonds. The smallest absolute Gasteiger partial charge is 0.248 e. The van der Waals surface area contributed by atoms with Crippen LogP contribution in [0.15, 0.2) is 174 Å². The highest BCUT2D eigenvalue weighted by Gasteiger charge is 2.22. The fourth-order valence-electron chi connectivity index (χ4n) is 15.1. The molecule has 0 radical (unpaired) electrons. The summed E-state index contributed by atoms with van der Waals surface area (Å²) in [5.41, 5.74) is 15.8. The van der Waals surface area contributed by atoms with Crippen LogP contribution in [-0.2, 0) is 5.41 Å². The Hall–Kier alpha value is -11.9. The number of rotatable bonds is 53. The Morgan fingerprint density at radius 3 is 0.652 bits per heavy atom. The third-order valence-electron chi connectivity index (χ3n) is 23.3. The van der Waals surface area contributed by atoms with Crippen LogP contribution in [0.3, 0.4) is 0 Å². The van der Waals surface area contributed by atoms with Gasteiger partial charge in [0.25, 0.3) is 0 Å². The van der Waals surface area contributed by atoms with Gasteiger partial charge in [0, 0.05) is 87.8 Å². The maximum atomic E-state index is 6.94. The van der Waals surface area contributed by atoms with Crippen molar-refractivity contribution in [1.29, 1.82) is 0 Å². The number of hydrogen-bond donors (Lipinski definition) is 0. The second-order valence-corrected chi connectivity index (χ2v) is 35.8. The van der Waals surface area contributed by atoms with Crippen LogP contribution in [0, 0.1) is 73.1 Å². The van der Waals surface area contributed by atoms with Gasteiger partial charge in [0.15, 0.2) is 0 Å². The summed E-state index contributed by atoms with van der Waals surface area (Å²) in [5, 5.41) is 8.85. The molecule has 0 aliphatic rings. The van der Waals surface area contributed by atoms with E-state index < -0.39 is 0 Å². The lowest BCUT2D eigenvalue weighted by molar-refractivity contribution is 0.295. The second kappa shape index (κ2) is 57.4. The van der Waals surface area contributed by atoms with Crippen molar-refractivity contribution in [2.45, 2.75) is 301 Å². The summed E-state index contributed by atoms with van der Waals surface area (Å²) in [6.07, 6.45) is 33.4. The lowest BCUT2D eigenvalue weighted by Gasteiger charge is -2.25. The van der Waals surface area contributed by atoms with Gasteiger partial charge in [0.1, 0.15) is 46.0 Å². The zero-order valence-corrected chi connectivity index (χ0v) is 82.0. The molecule has 0 saturated carbocycles. The van der Waals surface area contributed by atoms with Gasteiger partial charge in [-0.3, -0.25) is 0 Å². The first-order valence-electron chi connectivity index (χ1n) is 50.1. The molecule has 0 atom stereocenters. The monoisotopic (exact) mass is 1770 g/mol. The Labute approximate surface area is 793 Å². The molecule has 9 aromatic carbocycles. The number of aryl methyl sites for hydroxylation is 2. The zero-order valence-electron chi connectivity index (χ0n) is 82.0. The van der Waals surface area contributed by atoms with Gasteiger partial charge in [0.2, 0.25) is 11.8 Å². The number of aromatic nitrogens is 2. The fourth-order valence-corrected chi connectivity index (χ4v) is 15.1. The largest absolute Gasteiger partial charge is 0.492 e. The van der Waals surface area contributed by atoms with Crippen molar-refractivity contribution in [2.75, 3.05) is 57.8 Å². The predicted molar refractivity (Wildman–Crippen MR) is 547 cm³/mol. The summed E-state index contributed by atoms with van der Waals surface area (Å²) in [5.74, 6) is 41.9. The van der Waals surface area contributed by atoms with Crippen molar-refractivity contribution in [2.24, 2.45) is 0 Å². The summed E-state index contributed by atoms with van der Waals surface area (Å²) >= 11 is 0. The Kier molecular flexibility index (Phi) is 44.5. The van der Waals surface area contributed by atoms with E-state index >= 15 is 0 Å². The summed E-state index contributed by atoms with van der Waals surface area (Å²) in [6, 6.07) is 58.3. The van der Waals surface area contributed by atoms with E-state index in [1.807, 2.05) is 84.9 Å². The van der Waals surface area contributed by atoms with Gasteiger partial charge in [-0.05, 0) is 161 Å². The van der Waals surface area contributed by atoms with Crippen molar-refractivity contribution < 1.29 is 42.3 Å². The molecule has 12 heteroatoms. The highest BCUT2D eigenvalue weighted by atomic mass is 16.5. The predicted octanol–water partition coefficient (Wildman–Crippen LogP) is 31.5. The Morgan fingerprint density at radius 2 is 0.439 bits per heavy atom. The number of hydrogen-bond acceptors (Lipinski definition) is 12. The maximum Gasteiger partial charge on any atom is 0.248 e. The van der Waals surface area contributed by atoms with E-state index in [0.717, 1.165) is 250 Å². The van der Waals surface area contributed by atoms with Crippen LogP contribution in [0.25, 0.3) is 22.9 Å². The van der Waals surface area contributed by atoms with E-state index in [-0.39, 0.29) is 5.41 Å². The topological polar surface area (TPSA) is 116 Å². The molecule has 0 aliphatic heterocycles. The van der Waals surface area contributed by atoms with E-state index in [9.17, 15) is 0 Å². The summed E-state index contributed by atoms with van der Waals surface area (Å²) in [6.45, 7) is 32.8. The van der Waals surface area contributed by atoms with Crippen LogP contribution in [0.2, 0.25) is 0 Å². The maximum absolute atomic E-state index is 6.94. The molecule has 0 saturated heterocycles. The van der Waals surface area contributed by atoms with Crippen LogP contribution in [-0.4, -0.2) is 63.1 Å². The molecule has 0 fully saturated rings. The summed E-state index contributed by atoms with van der Waals surface area (Å²) in [4.78, 5) is 2.29. The molecule has 0 aliphatic carbocycles. The quantitative estimate of drug-likeness (QED) is 0.0267. The summed E-state index contributed by atoms with van der Waals surface area (Å²) in [7, 11) is 0. The average molecular weight is 1780 g/mol. The molecule has 0 unspecified atom stereocenters.